The molecule has 4 heteroatoms. The van der Waals surface area contributed by atoms with E-state index in [0.717, 1.165) is 57.6 Å². The monoisotopic (exact) mass is 363 g/mol. The van der Waals surface area contributed by atoms with E-state index in [-0.39, 0.29) is 5.92 Å². The second-order valence-corrected chi connectivity index (χ2v) is 8.04. The molecule has 2 aromatic rings. The van der Waals surface area contributed by atoms with Crippen LogP contribution in [0.15, 0.2) is 36.4 Å². The molecule has 2 aliphatic heterocycles. The first kappa shape index (κ1) is 16.8. The van der Waals surface area contributed by atoms with Crippen molar-refractivity contribution in [3.63, 3.8) is 0 Å². The van der Waals surface area contributed by atoms with Gasteiger partial charge in [0, 0.05) is 12.5 Å². The van der Waals surface area contributed by atoms with Gasteiger partial charge in [0.25, 0.3) is 0 Å². The standard InChI is InChI=1S/C23H25NO3/c25-23(26)15-7-10-24(11-8-15)21-5-2-18-13-16(1-4-20(18)21)17-3-6-22-19(14-17)9-12-27-22/h1,3-4,6,13-15,21H,2,5,7-12H2,(H,25,26). The Balaban J connectivity index is 1.36. The van der Waals surface area contributed by atoms with E-state index in [9.17, 15) is 9.90 Å². The van der Waals surface area contributed by atoms with Gasteiger partial charge in [0.1, 0.15) is 5.75 Å². The average molecular weight is 363 g/mol. The van der Waals surface area contributed by atoms with Crippen molar-refractivity contribution in [1.29, 1.82) is 0 Å². The Labute approximate surface area is 159 Å². The first-order chi connectivity index (χ1) is 13.2. The summed E-state index contributed by atoms with van der Waals surface area (Å²) in [6.45, 7) is 2.59. The number of carbonyl (C=O) groups is 1. The summed E-state index contributed by atoms with van der Waals surface area (Å²) in [5.41, 5.74) is 6.76. The summed E-state index contributed by atoms with van der Waals surface area (Å²) in [5.74, 6) is 0.240. The van der Waals surface area contributed by atoms with E-state index < -0.39 is 5.97 Å². The van der Waals surface area contributed by atoms with Crippen LogP contribution in [0.5, 0.6) is 5.75 Å². The molecule has 1 N–H and O–H groups in total. The molecule has 1 saturated heterocycles. The number of carboxylic acid groups (broad SMARTS) is 1. The van der Waals surface area contributed by atoms with Crippen molar-refractivity contribution in [3.05, 3.63) is 53.1 Å². The third kappa shape index (κ3) is 3.02. The van der Waals surface area contributed by atoms with E-state index >= 15 is 0 Å². The molecule has 0 saturated carbocycles. The van der Waals surface area contributed by atoms with E-state index in [1.54, 1.807) is 0 Å². The highest BCUT2D eigenvalue weighted by Gasteiger charge is 2.32. The number of likely N-dealkylation sites (tertiary alicyclic amines) is 1. The number of benzene rings is 2. The maximum atomic E-state index is 11.2. The summed E-state index contributed by atoms with van der Waals surface area (Å²) in [6.07, 6.45) is 4.81. The highest BCUT2D eigenvalue weighted by Crippen LogP contribution is 2.40. The van der Waals surface area contributed by atoms with Crippen LogP contribution in [0.25, 0.3) is 11.1 Å². The zero-order valence-corrected chi connectivity index (χ0v) is 15.5. The second-order valence-electron chi connectivity index (χ2n) is 8.04. The Kier molecular flexibility index (Phi) is 4.16. The minimum atomic E-state index is -0.633. The number of nitrogens with zero attached hydrogens (tertiary/aromatic N) is 1. The molecule has 4 nitrogen and oxygen atoms in total. The molecule has 140 valence electrons. The van der Waals surface area contributed by atoms with Crippen LogP contribution in [0, 0.1) is 5.92 Å². The number of piperidine rings is 1. The first-order valence-electron chi connectivity index (χ1n) is 10.0. The molecule has 0 spiro atoms. The zero-order chi connectivity index (χ0) is 18.4. The van der Waals surface area contributed by atoms with E-state index in [0.29, 0.717) is 6.04 Å². The summed E-state index contributed by atoms with van der Waals surface area (Å²) < 4.78 is 5.62. The smallest absolute Gasteiger partial charge is 0.306 e. The molecule has 1 aliphatic carbocycles. The normalized spacial score (nSPS) is 22.3. The fourth-order valence-corrected chi connectivity index (χ4v) is 4.98. The Bertz CT molecular complexity index is 883. The Morgan fingerprint density at radius 3 is 2.48 bits per heavy atom. The third-order valence-electron chi connectivity index (χ3n) is 6.53. The van der Waals surface area contributed by atoms with E-state index in [2.05, 4.69) is 41.3 Å². The lowest BCUT2D eigenvalue weighted by atomic mass is 9.94. The quantitative estimate of drug-likeness (QED) is 0.893. The van der Waals surface area contributed by atoms with Crippen LogP contribution in [-0.2, 0) is 17.6 Å². The fraction of sp³-hybridized carbons (Fsp3) is 0.435. The van der Waals surface area contributed by atoms with Crippen molar-refractivity contribution in [2.75, 3.05) is 19.7 Å². The van der Waals surface area contributed by atoms with Gasteiger partial charge >= 0.3 is 5.97 Å². The van der Waals surface area contributed by atoms with Gasteiger partial charge in [0.2, 0.25) is 0 Å². The number of fused-ring (bicyclic) bond motifs is 2. The molecular formula is C23H25NO3. The molecule has 1 fully saturated rings. The molecular weight excluding hydrogens is 338 g/mol. The molecule has 0 amide bonds. The summed E-state index contributed by atoms with van der Waals surface area (Å²) in [7, 11) is 0. The molecule has 27 heavy (non-hydrogen) atoms. The predicted molar refractivity (Wildman–Crippen MR) is 104 cm³/mol. The number of carboxylic acids is 1. The van der Waals surface area contributed by atoms with Gasteiger partial charge in [-0.25, -0.2) is 0 Å². The van der Waals surface area contributed by atoms with Gasteiger partial charge in [-0.3, -0.25) is 9.69 Å². The lowest BCUT2D eigenvalue weighted by Gasteiger charge is -2.35. The van der Waals surface area contributed by atoms with Crippen LogP contribution in [0.2, 0.25) is 0 Å². The zero-order valence-electron chi connectivity index (χ0n) is 15.5. The van der Waals surface area contributed by atoms with Gasteiger partial charge in [0.05, 0.1) is 12.5 Å². The van der Waals surface area contributed by atoms with Crippen LogP contribution in [0.3, 0.4) is 0 Å². The Morgan fingerprint density at radius 2 is 1.70 bits per heavy atom. The van der Waals surface area contributed by atoms with Gasteiger partial charge in [-0.1, -0.05) is 24.3 Å². The van der Waals surface area contributed by atoms with Crippen LogP contribution in [-0.4, -0.2) is 35.7 Å². The topological polar surface area (TPSA) is 49.8 Å². The Hall–Kier alpha value is -2.33. The highest BCUT2D eigenvalue weighted by molar-refractivity contribution is 5.70. The fourth-order valence-electron chi connectivity index (χ4n) is 4.98. The van der Waals surface area contributed by atoms with Crippen molar-refractivity contribution in [3.8, 4) is 16.9 Å². The van der Waals surface area contributed by atoms with E-state index in [1.165, 1.54) is 27.8 Å². The van der Waals surface area contributed by atoms with Crippen molar-refractivity contribution < 1.29 is 14.6 Å². The highest BCUT2D eigenvalue weighted by atomic mass is 16.5. The minimum Gasteiger partial charge on any atom is -0.493 e. The number of aliphatic carboxylic acids is 1. The van der Waals surface area contributed by atoms with Crippen LogP contribution >= 0.6 is 0 Å². The van der Waals surface area contributed by atoms with Gasteiger partial charge in [-0.05, 0) is 78.7 Å². The second kappa shape index (κ2) is 6.68. The van der Waals surface area contributed by atoms with Crippen molar-refractivity contribution in [1.82, 2.24) is 4.90 Å². The molecule has 5 rings (SSSR count). The van der Waals surface area contributed by atoms with Gasteiger partial charge < -0.3 is 9.84 Å². The van der Waals surface area contributed by atoms with Crippen molar-refractivity contribution in [2.45, 2.75) is 38.1 Å². The molecule has 2 aromatic carbocycles. The largest absolute Gasteiger partial charge is 0.493 e. The maximum Gasteiger partial charge on any atom is 0.306 e. The van der Waals surface area contributed by atoms with Gasteiger partial charge in [0.15, 0.2) is 0 Å². The number of ether oxygens (including phenoxy) is 1. The molecule has 0 bridgehead atoms. The van der Waals surface area contributed by atoms with Crippen LogP contribution < -0.4 is 4.74 Å². The Morgan fingerprint density at radius 1 is 0.963 bits per heavy atom. The predicted octanol–water partition coefficient (Wildman–Crippen LogP) is 4.07. The van der Waals surface area contributed by atoms with Crippen LogP contribution in [0.4, 0.5) is 0 Å². The number of hydrogen-bond acceptors (Lipinski definition) is 3. The summed E-state index contributed by atoms with van der Waals surface area (Å²) in [5, 5.41) is 9.22. The number of rotatable bonds is 3. The molecule has 0 radical (unpaired) electrons. The molecule has 1 unspecified atom stereocenters. The molecule has 0 aromatic heterocycles. The van der Waals surface area contributed by atoms with Gasteiger partial charge in [-0.2, -0.15) is 0 Å². The molecule has 1 atom stereocenters. The number of hydrogen-bond donors (Lipinski definition) is 1. The van der Waals surface area contributed by atoms with Crippen LogP contribution in [0.1, 0.15) is 42.0 Å². The van der Waals surface area contributed by atoms with E-state index in [1.807, 2.05) is 0 Å². The molecule has 3 aliphatic rings. The maximum absolute atomic E-state index is 11.2. The lowest BCUT2D eigenvalue weighted by molar-refractivity contribution is -0.143. The summed E-state index contributed by atoms with van der Waals surface area (Å²) >= 11 is 0. The summed E-state index contributed by atoms with van der Waals surface area (Å²) in [6, 6.07) is 13.9. The van der Waals surface area contributed by atoms with Crippen molar-refractivity contribution in [2.24, 2.45) is 5.92 Å². The lowest BCUT2D eigenvalue weighted by Crippen LogP contribution is -2.38. The first-order valence-corrected chi connectivity index (χ1v) is 10.0. The SMILES string of the molecule is O=C(O)C1CCN(C2CCc3cc(-c4ccc5c(c4)CCO5)ccc32)CC1. The molecule has 2 heterocycles. The minimum absolute atomic E-state index is 0.159. The van der Waals surface area contributed by atoms with Crippen molar-refractivity contribution >= 4 is 5.97 Å². The van der Waals surface area contributed by atoms with E-state index in [4.69, 9.17) is 4.74 Å². The number of aryl methyl sites for hydroxylation is 1. The summed E-state index contributed by atoms with van der Waals surface area (Å²) in [4.78, 5) is 13.7. The van der Waals surface area contributed by atoms with Gasteiger partial charge in [-0.15, -0.1) is 0 Å². The third-order valence-corrected chi connectivity index (χ3v) is 6.53. The average Bonchev–Trinajstić information content (AvgIpc) is 3.33.